The molecular weight excluding hydrogens is 212 g/mol. The largest absolute Gasteiger partial charge is 0.335 e. The van der Waals surface area contributed by atoms with Gasteiger partial charge in [-0.2, -0.15) is 5.26 Å². The molecule has 0 spiro atoms. The summed E-state index contributed by atoms with van der Waals surface area (Å²) in [6.07, 6.45) is 3.03. The number of benzene rings is 1. The highest BCUT2D eigenvalue weighted by molar-refractivity contribution is 5.94. The van der Waals surface area contributed by atoms with Crippen molar-refractivity contribution in [2.75, 3.05) is 13.1 Å². The maximum Gasteiger partial charge on any atom is 0.254 e. The molecule has 0 N–H and O–H groups in total. The van der Waals surface area contributed by atoms with Gasteiger partial charge in [0.1, 0.15) is 0 Å². The molecule has 0 atom stereocenters. The fraction of sp³-hybridized carbons (Fsp3) is 0.286. The Bertz CT molecular complexity index is 494. The van der Waals surface area contributed by atoms with Gasteiger partial charge in [0.25, 0.3) is 5.91 Å². The molecule has 1 heterocycles. The highest BCUT2D eigenvalue weighted by Gasteiger charge is 2.17. The van der Waals surface area contributed by atoms with Gasteiger partial charge in [0.2, 0.25) is 0 Å². The molecule has 0 bridgehead atoms. The Morgan fingerprint density at radius 1 is 1.35 bits per heavy atom. The van der Waals surface area contributed by atoms with E-state index in [1.165, 1.54) is 5.57 Å². The van der Waals surface area contributed by atoms with Gasteiger partial charge >= 0.3 is 0 Å². The second kappa shape index (κ2) is 4.84. The van der Waals surface area contributed by atoms with Crippen LogP contribution in [0.15, 0.2) is 35.9 Å². The molecule has 0 saturated carbocycles. The molecular formula is C14H14N2O. The summed E-state index contributed by atoms with van der Waals surface area (Å²) in [5.41, 5.74) is 2.57. The summed E-state index contributed by atoms with van der Waals surface area (Å²) >= 11 is 0. The van der Waals surface area contributed by atoms with Crippen molar-refractivity contribution in [3.63, 3.8) is 0 Å². The number of carbonyl (C=O) groups excluding carboxylic acids is 1. The molecule has 0 aliphatic carbocycles. The number of nitrogens with zero attached hydrogens (tertiary/aromatic N) is 2. The van der Waals surface area contributed by atoms with E-state index in [0.717, 1.165) is 13.0 Å². The van der Waals surface area contributed by atoms with Crippen LogP contribution in [-0.4, -0.2) is 23.9 Å². The van der Waals surface area contributed by atoms with Crippen LogP contribution < -0.4 is 0 Å². The van der Waals surface area contributed by atoms with Gasteiger partial charge in [-0.25, -0.2) is 0 Å². The topological polar surface area (TPSA) is 44.1 Å². The maximum atomic E-state index is 12.1. The third kappa shape index (κ3) is 2.54. The Balaban J connectivity index is 2.12. The lowest BCUT2D eigenvalue weighted by Gasteiger charge is -2.25. The quantitative estimate of drug-likeness (QED) is 0.690. The number of carbonyl (C=O) groups is 1. The summed E-state index contributed by atoms with van der Waals surface area (Å²) in [6.45, 7) is 3.55. The third-order valence-corrected chi connectivity index (χ3v) is 2.98. The monoisotopic (exact) mass is 226 g/mol. The van der Waals surface area contributed by atoms with Crippen molar-refractivity contribution in [3.8, 4) is 6.07 Å². The van der Waals surface area contributed by atoms with Crippen molar-refractivity contribution in [1.29, 1.82) is 5.26 Å². The molecule has 2 rings (SSSR count). The minimum atomic E-state index is 0.0400. The molecule has 1 aliphatic rings. The van der Waals surface area contributed by atoms with Crippen molar-refractivity contribution in [2.45, 2.75) is 13.3 Å². The molecule has 0 unspecified atom stereocenters. The second-order valence-electron chi connectivity index (χ2n) is 4.24. The number of nitriles is 1. The van der Waals surface area contributed by atoms with E-state index in [0.29, 0.717) is 17.7 Å². The van der Waals surface area contributed by atoms with Gasteiger partial charge in [-0.1, -0.05) is 11.6 Å². The van der Waals surface area contributed by atoms with E-state index >= 15 is 0 Å². The SMILES string of the molecule is CC1=CCN(C(=O)c2ccc(C#N)cc2)CC1. The lowest BCUT2D eigenvalue weighted by atomic mass is 10.1. The van der Waals surface area contributed by atoms with E-state index in [1.807, 2.05) is 11.0 Å². The van der Waals surface area contributed by atoms with Gasteiger partial charge in [-0.05, 0) is 37.6 Å². The highest BCUT2D eigenvalue weighted by atomic mass is 16.2. The third-order valence-electron chi connectivity index (χ3n) is 2.98. The van der Waals surface area contributed by atoms with E-state index in [-0.39, 0.29) is 5.91 Å². The fourth-order valence-electron chi connectivity index (χ4n) is 1.83. The Morgan fingerprint density at radius 3 is 2.59 bits per heavy atom. The van der Waals surface area contributed by atoms with Gasteiger partial charge in [0, 0.05) is 18.7 Å². The highest BCUT2D eigenvalue weighted by Crippen LogP contribution is 2.13. The predicted molar refractivity (Wildman–Crippen MR) is 65.4 cm³/mol. The molecule has 1 amide bonds. The fourth-order valence-corrected chi connectivity index (χ4v) is 1.83. The minimum absolute atomic E-state index is 0.0400. The number of hydrogen-bond donors (Lipinski definition) is 0. The van der Waals surface area contributed by atoms with E-state index in [2.05, 4.69) is 13.0 Å². The lowest BCUT2D eigenvalue weighted by Crippen LogP contribution is -2.34. The molecule has 17 heavy (non-hydrogen) atoms. The number of amides is 1. The standard InChI is InChI=1S/C14H14N2O/c1-11-6-8-16(9-7-11)14(17)13-4-2-12(10-15)3-5-13/h2-6H,7-9H2,1H3. The van der Waals surface area contributed by atoms with Gasteiger partial charge in [0.15, 0.2) is 0 Å². The Labute approximate surface area is 101 Å². The molecule has 1 aromatic rings. The van der Waals surface area contributed by atoms with Crippen molar-refractivity contribution in [3.05, 3.63) is 47.0 Å². The van der Waals surface area contributed by atoms with Crippen molar-refractivity contribution in [1.82, 2.24) is 4.90 Å². The van der Waals surface area contributed by atoms with Crippen LogP contribution in [0.2, 0.25) is 0 Å². The first-order valence-electron chi connectivity index (χ1n) is 5.66. The minimum Gasteiger partial charge on any atom is -0.335 e. The zero-order valence-corrected chi connectivity index (χ0v) is 9.81. The first-order chi connectivity index (χ1) is 8.20. The van der Waals surface area contributed by atoms with Gasteiger partial charge in [-0.15, -0.1) is 0 Å². The molecule has 86 valence electrons. The van der Waals surface area contributed by atoms with Crippen LogP contribution in [0, 0.1) is 11.3 Å². The summed E-state index contributed by atoms with van der Waals surface area (Å²) in [5.74, 6) is 0.0400. The summed E-state index contributed by atoms with van der Waals surface area (Å²) in [5, 5.41) is 8.69. The lowest BCUT2D eigenvalue weighted by molar-refractivity contribution is 0.0769. The summed E-state index contributed by atoms with van der Waals surface area (Å²) in [4.78, 5) is 13.9. The van der Waals surface area contributed by atoms with Gasteiger partial charge in [0.05, 0.1) is 11.6 Å². The molecule has 3 nitrogen and oxygen atoms in total. The molecule has 3 heteroatoms. The van der Waals surface area contributed by atoms with E-state index in [4.69, 9.17) is 5.26 Å². The van der Waals surface area contributed by atoms with Crippen LogP contribution in [0.1, 0.15) is 29.3 Å². The summed E-state index contributed by atoms with van der Waals surface area (Å²) < 4.78 is 0. The van der Waals surface area contributed by atoms with Crippen LogP contribution in [0.5, 0.6) is 0 Å². The van der Waals surface area contributed by atoms with Crippen LogP contribution in [-0.2, 0) is 0 Å². The average molecular weight is 226 g/mol. The zero-order valence-electron chi connectivity index (χ0n) is 9.81. The summed E-state index contributed by atoms with van der Waals surface area (Å²) in [7, 11) is 0. The van der Waals surface area contributed by atoms with Crippen molar-refractivity contribution in [2.24, 2.45) is 0 Å². The van der Waals surface area contributed by atoms with Gasteiger partial charge in [-0.3, -0.25) is 4.79 Å². The number of rotatable bonds is 1. The molecule has 1 aromatic carbocycles. The average Bonchev–Trinajstić information content (AvgIpc) is 2.39. The number of hydrogen-bond acceptors (Lipinski definition) is 2. The first-order valence-corrected chi connectivity index (χ1v) is 5.66. The molecule has 0 fully saturated rings. The normalized spacial score (nSPS) is 15.1. The van der Waals surface area contributed by atoms with Crippen LogP contribution in [0.25, 0.3) is 0 Å². The Morgan fingerprint density at radius 2 is 2.06 bits per heavy atom. The molecule has 0 radical (unpaired) electrons. The Hall–Kier alpha value is -2.08. The Kier molecular flexibility index (Phi) is 3.24. The van der Waals surface area contributed by atoms with Crippen molar-refractivity contribution >= 4 is 5.91 Å². The van der Waals surface area contributed by atoms with E-state index in [9.17, 15) is 4.79 Å². The van der Waals surface area contributed by atoms with E-state index < -0.39 is 0 Å². The first kappa shape index (κ1) is 11.4. The molecule has 0 aromatic heterocycles. The maximum absolute atomic E-state index is 12.1. The molecule has 0 saturated heterocycles. The van der Waals surface area contributed by atoms with Crippen molar-refractivity contribution < 1.29 is 4.79 Å². The zero-order chi connectivity index (χ0) is 12.3. The smallest absolute Gasteiger partial charge is 0.254 e. The van der Waals surface area contributed by atoms with E-state index in [1.54, 1.807) is 24.3 Å². The predicted octanol–water partition coefficient (Wildman–Crippen LogP) is 2.35. The second-order valence-corrected chi connectivity index (χ2v) is 4.24. The summed E-state index contributed by atoms with van der Waals surface area (Å²) in [6, 6.07) is 8.83. The van der Waals surface area contributed by atoms with Gasteiger partial charge < -0.3 is 4.90 Å². The van der Waals surface area contributed by atoms with Crippen LogP contribution in [0.4, 0.5) is 0 Å². The molecule has 1 aliphatic heterocycles. The van der Waals surface area contributed by atoms with Crippen LogP contribution in [0.3, 0.4) is 0 Å². The van der Waals surface area contributed by atoms with Crippen LogP contribution >= 0.6 is 0 Å².